The zero-order chi connectivity index (χ0) is 12.3. The van der Waals surface area contributed by atoms with E-state index >= 15 is 0 Å². The van der Waals surface area contributed by atoms with Gasteiger partial charge >= 0.3 is 0 Å². The van der Waals surface area contributed by atoms with Gasteiger partial charge in [0.2, 0.25) is 5.91 Å². The number of carbonyl (C=O) groups is 1. The minimum Gasteiger partial charge on any atom is -0.370 e. The lowest BCUT2D eigenvalue weighted by molar-refractivity contribution is -0.118. The van der Waals surface area contributed by atoms with E-state index in [1.54, 1.807) is 27.1 Å². The first-order valence-electron chi connectivity index (χ1n) is 4.90. The van der Waals surface area contributed by atoms with Crippen molar-refractivity contribution in [2.75, 3.05) is 5.32 Å². The lowest BCUT2D eigenvalue weighted by Crippen LogP contribution is -2.39. The van der Waals surface area contributed by atoms with Crippen molar-refractivity contribution in [2.45, 2.75) is 25.8 Å². The lowest BCUT2D eigenvalue weighted by Gasteiger charge is -2.24. The SMILES string of the molecule is Cn1ccnc(NC(C)(C)CC(N)=O)c1=O. The topological polar surface area (TPSA) is 90.0 Å². The zero-order valence-electron chi connectivity index (χ0n) is 9.65. The summed E-state index contributed by atoms with van der Waals surface area (Å²) < 4.78 is 1.41. The molecule has 0 unspecified atom stereocenters. The van der Waals surface area contributed by atoms with Crippen LogP contribution in [0.1, 0.15) is 20.3 Å². The van der Waals surface area contributed by atoms with E-state index < -0.39 is 11.4 Å². The van der Waals surface area contributed by atoms with Crippen LogP contribution in [0.25, 0.3) is 0 Å². The van der Waals surface area contributed by atoms with Gasteiger partial charge in [-0.25, -0.2) is 4.98 Å². The van der Waals surface area contributed by atoms with E-state index in [1.807, 2.05) is 0 Å². The van der Waals surface area contributed by atoms with Gasteiger partial charge in [-0.15, -0.1) is 0 Å². The summed E-state index contributed by atoms with van der Waals surface area (Å²) in [4.78, 5) is 26.4. The summed E-state index contributed by atoms with van der Waals surface area (Å²) in [7, 11) is 1.64. The van der Waals surface area contributed by atoms with Gasteiger partial charge in [0.15, 0.2) is 5.82 Å². The number of rotatable bonds is 4. The monoisotopic (exact) mass is 224 g/mol. The molecule has 6 nitrogen and oxygen atoms in total. The average molecular weight is 224 g/mol. The van der Waals surface area contributed by atoms with Crippen molar-refractivity contribution in [1.29, 1.82) is 0 Å². The van der Waals surface area contributed by atoms with E-state index in [9.17, 15) is 9.59 Å². The molecule has 0 aromatic carbocycles. The minimum absolute atomic E-state index is 0.132. The second-order valence-electron chi connectivity index (χ2n) is 4.34. The maximum atomic E-state index is 11.7. The first-order chi connectivity index (χ1) is 7.32. The maximum Gasteiger partial charge on any atom is 0.293 e. The van der Waals surface area contributed by atoms with Gasteiger partial charge in [-0.1, -0.05) is 0 Å². The van der Waals surface area contributed by atoms with Gasteiger partial charge in [-0.3, -0.25) is 9.59 Å². The summed E-state index contributed by atoms with van der Waals surface area (Å²) in [6.07, 6.45) is 3.21. The predicted molar refractivity (Wildman–Crippen MR) is 61.0 cm³/mol. The summed E-state index contributed by atoms with van der Waals surface area (Å²) >= 11 is 0. The van der Waals surface area contributed by atoms with E-state index in [4.69, 9.17) is 5.73 Å². The summed E-state index contributed by atoms with van der Waals surface area (Å²) in [5, 5.41) is 2.91. The number of hydrogen-bond acceptors (Lipinski definition) is 4. The third-order valence-electron chi connectivity index (χ3n) is 2.09. The van der Waals surface area contributed by atoms with Crippen molar-refractivity contribution in [1.82, 2.24) is 9.55 Å². The number of hydrogen-bond donors (Lipinski definition) is 2. The fraction of sp³-hybridized carbons (Fsp3) is 0.500. The minimum atomic E-state index is -0.591. The molecule has 1 amide bonds. The molecule has 0 atom stereocenters. The Balaban J connectivity index is 2.92. The predicted octanol–water partition coefficient (Wildman–Crippen LogP) is -0.154. The number of anilines is 1. The van der Waals surface area contributed by atoms with Crippen LogP contribution in [0, 0.1) is 0 Å². The van der Waals surface area contributed by atoms with E-state index in [-0.39, 0.29) is 17.8 Å². The first kappa shape index (κ1) is 12.2. The Morgan fingerprint density at radius 3 is 2.81 bits per heavy atom. The highest BCUT2D eigenvalue weighted by Crippen LogP contribution is 2.12. The van der Waals surface area contributed by atoms with Crippen molar-refractivity contribution in [2.24, 2.45) is 12.8 Å². The number of nitrogens with one attached hydrogen (secondary N) is 1. The quantitative estimate of drug-likeness (QED) is 0.744. The fourth-order valence-corrected chi connectivity index (χ4v) is 1.38. The second kappa shape index (κ2) is 4.34. The molecule has 3 N–H and O–H groups in total. The lowest BCUT2D eigenvalue weighted by atomic mass is 10.0. The molecular formula is C10H16N4O2. The molecule has 1 heterocycles. The van der Waals surface area contributed by atoms with Crippen molar-refractivity contribution in [3.05, 3.63) is 22.7 Å². The third-order valence-corrected chi connectivity index (χ3v) is 2.09. The molecule has 0 aliphatic carbocycles. The molecule has 0 aliphatic rings. The van der Waals surface area contributed by atoms with E-state index in [0.29, 0.717) is 0 Å². The van der Waals surface area contributed by atoms with Gasteiger partial charge in [-0.05, 0) is 13.8 Å². The number of amides is 1. The van der Waals surface area contributed by atoms with E-state index in [1.165, 1.54) is 10.8 Å². The molecular weight excluding hydrogens is 208 g/mol. The van der Waals surface area contributed by atoms with Gasteiger partial charge < -0.3 is 15.6 Å². The third kappa shape index (κ3) is 3.08. The highest BCUT2D eigenvalue weighted by atomic mass is 16.1. The molecule has 0 saturated carbocycles. The summed E-state index contributed by atoms with van der Waals surface area (Å²) in [6.45, 7) is 3.57. The Labute approximate surface area is 93.5 Å². The van der Waals surface area contributed by atoms with Crippen molar-refractivity contribution < 1.29 is 4.79 Å². The molecule has 88 valence electrons. The van der Waals surface area contributed by atoms with Crippen LogP contribution in [0.2, 0.25) is 0 Å². The van der Waals surface area contributed by atoms with Crippen LogP contribution >= 0.6 is 0 Å². The molecule has 0 aliphatic heterocycles. The molecule has 0 saturated heterocycles. The molecule has 0 radical (unpaired) electrons. The highest BCUT2D eigenvalue weighted by molar-refractivity contribution is 5.75. The number of aryl methyl sites for hydroxylation is 1. The highest BCUT2D eigenvalue weighted by Gasteiger charge is 2.22. The largest absolute Gasteiger partial charge is 0.370 e. The molecule has 16 heavy (non-hydrogen) atoms. The van der Waals surface area contributed by atoms with Crippen LogP contribution < -0.4 is 16.6 Å². The van der Waals surface area contributed by atoms with E-state index in [0.717, 1.165) is 0 Å². The maximum absolute atomic E-state index is 11.7. The fourth-order valence-electron chi connectivity index (χ4n) is 1.38. The number of aromatic nitrogens is 2. The van der Waals surface area contributed by atoms with E-state index in [2.05, 4.69) is 10.3 Å². The van der Waals surface area contributed by atoms with Crippen LogP contribution in [0.15, 0.2) is 17.2 Å². The van der Waals surface area contributed by atoms with Crippen molar-refractivity contribution >= 4 is 11.7 Å². The van der Waals surface area contributed by atoms with Gasteiger partial charge in [0.25, 0.3) is 5.56 Å². The molecule has 1 aromatic heterocycles. The Morgan fingerprint density at radius 2 is 2.25 bits per heavy atom. The van der Waals surface area contributed by atoms with Crippen LogP contribution in [0.3, 0.4) is 0 Å². The summed E-state index contributed by atoms with van der Waals surface area (Å²) in [5.74, 6) is -0.207. The Kier molecular flexibility index (Phi) is 3.31. The number of nitrogens with zero attached hydrogens (tertiary/aromatic N) is 2. The molecule has 0 bridgehead atoms. The van der Waals surface area contributed by atoms with Crippen LogP contribution in [0.4, 0.5) is 5.82 Å². The van der Waals surface area contributed by atoms with Gasteiger partial charge in [-0.2, -0.15) is 0 Å². The summed E-state index contributed by atoms with van der Waals surface area (Å²) in [6, 6.07) is 0. The van der Waals surface area contributed by atoms with Crippen molar-refractivity contribution in [3.8, 4) is 0 Å². The molecule has 6 heteroatoms. The summed E-state index contributed by atoms with van der Waals surface area (Å²) in [5.41, 5.74) is 4.29. The van der Waals surface area contributed by atoms with Gasteiger partial charge in [0.1, 0.15) is 0 Å². The van der Waals surface area contributed by atoms with Gasteiger partial charge in [0, 0.05) is 31.4 Å². The smallest absolute Gasteiger partial charge is 0.293 e. The second-order valence-corrected chi connectivity index (χ2v) is 4.34. The standard InChI is InChI=1S/C10H16N4O2/c1-10(2,6-7(11)15)13-8-9(16)14(3)5-4-12-8/h4-5H,6H2,1-3H3,(H2,11,15)(H,12,13). The normalized spacial score (nSPS) is 11.2. The van der Waals surface area contributed by atoms with Crippen LogP contribution in [-0.4, -0.2) is 21.0 Å². The Morgan fingerprint density at radius 1 is 1.62 bits per heavy atom. The molecule has 0 spiro atoms. The molecule has 1 rings (SSSR count). The zero-order valence-corrected chi connectivity index (χ0v) is 9.65. The molecule has 1 aromatic rings. The number of primary amides is 1. The number of carbonyl (C=O) groups excluding carboxylic acids is 1. The molecule has 0 fully saturated rings. The Bertz CT molecular complexity index is 450. The van der Waals surface area contributed by atoms with Crippen LogP contribution in [-0.2, 0) is 11.8 Å². The van der Waals surface area contributed by atoms with Crippen molar-refractivity contribution in [3.63, 3.8) is 0 Å². The Hall–Kier alpha value is -1.85. The number of nitrogens with two attached hydrogens (primary N) is 1. The van der Waals surface area contributed by atoms with Crippen LogP contribution in [0.5, 0.6) is 0 Å². The first-order valence-corrected chi connectivity index (χ1v) is 4.90. The average Bonchev–Trinajstić information content (AvgIpc) is 2.10. The van der Waals surface area contributed by atoms with Gasteiger partial charge in [0.05, 0.1) is 0 Å².